The van der Waals surface area contributed by atoms with Gasteiger partial charge in [-0.05, 0) is 55.5 Å². The molecular formula is C19H22N2OS. The number of hydrogen-bond acceptors (Lipinski definition) is 3. The third-order valence-electron chi connectivity index (χ3n) is 5.04. The largest absolute Gasteiger partial charge is 0.347 e. The highest BCUT2D eigenvalue weighted by Gasteiger charge is 2.33. The SMILES string of the molecule is Cc1ccccc1-c1ccc(C(=O)N[C@H]2C[C@H]3CCN(C3)C2)s1. The second-order valence-corrected chi connectivity index (χ2v) is 7.88. The van der Waals surface area contributed by atoms with Gasteiger partial charge in [0.05, 0.1) is 4.88 Å². The average Bonchev–Trinajstić information content (AvgIpc) is 3.15. The maximum atomic E-state index is 12.6. The summed E-state index contributed by atoms with van der Waals surface area (Å²) in [5.74, 6) is 0.863. The van der Waals surface area contributed by atoms with Crippen LogP contribution in [0.2, 0.25) is 0 Å². The van der Waals surface area contributed by atoms with Gasteiger partial charge in [-0.25, -0.2) is 0 Å². The van der Waals surface area contributed by atoms with Crippen LogP contribution in [-0.2, 0) is 0 Å². The summed E-state index contributed by atoms with van der Waals surface area (Å²) in [4.78, 5) is 17.0. The van der Waals surface area contributed by atoms with Crippen LogP contribution in [-0.4, -0.2) is 36.5 Å². The van der Waals surface area contributed by atoms with Crippen molar-refractivity contribution in [3.63, 3.8) is 0 Å². The Hall–Kier alpha value is -1.65. The molecule has 3 heterocycles. The number of carbonyl (C=O) groups is 1. The molecule has 0 aliphatic carbocycles. The zero-order valence-corrected chi connectivity index (χ0v) is 14.2. The van der Waals surface area contributed by atoms with Gasteiger partial charge in [-0.1, -0.05) is 24.3 Å². The van der Waals surface area contributed by atoms with Crippen LogP contribution in [0.25, 0.3) is 10.4 Å². The molecule has 1 aromatic heterocycles. The Bertz CT molecular complexity index is 712. The molecule has 3 nitrogen and oxygen atoms in total. The summed E-state index contributed by atoms with van der Waals surface area (Å²) in [6.45, 7) is 5.55. The fourth-order valence-corrected chi connectivity index (χ4v) is 4.87. The first-order valence-corrected chi connectivity index (χ1v) is 9.20. The Kier molecular flexibility index (Phi) is 3.95. The molecule has 1 aromatic carbocycles. The molecule has 23 heavy (non-hydrogen) atoms. The molecule has 0 spiro atoms. The van der Waals surface area contributed by atoms with Crippen LogP contribution in [0.3, 0.4) is 0 Å². The number of nitrogens with zero attached hydrogens (tertiary/aromatic N) is 1. The number of aryl methyl sites for hydroxylation is 1. The Morgan fingerprint density at radius 1 is 1.22 bits per heavy atom. The van der Waals surface area contributed by atoms with Gasteiger partial charge in [-0.15, -0.1) is 11.3 Å². The molecule has 2 saturated heterocycles. The summed E-state index contributed by atoms with van der Waals surface area (Å²) in [5.41, 5.74) is 2.47. The topological polar surface area (TPSA) is 32.3 Å². The van der Waals surface area contributed by atoms with Crippen molar-refractivity contribution in [1.82, 2.24) is 10.2 Å². The molecule has 4 heteroatoms. The van der Waals surface area contributed by atoms with Crippen LogP contribution in [0, 0.1) is 12.8 Å². The van der Waals surface area contributed by atoms with E-state index in [1.165, 1.54) is 35.5 Å². The van der Waals surface area contributed by atoms with Crippen LogP contribution in [0.15, 0.2) is 36.4 Å². The maximum Gasteiger partial charge on any atom is 0.261 e. The molecule has 2 aliphatic rings. The molecule has 2 bridgehead atoms. The number of amides is 1. The lowest BCUT2D eigenvalue weighted by molar-refractivity contribution is 0.0913. The molecule has 0 saturated carbocycles. The fourth-order valence-electron chi connectivity index (χ4n) is 3.87. The third kappa shape index (κ3) is 3.06. The summed E-state index contributed by atoms with van der Waals surface area (Å²) in [5, 5.41) is 3.25. The number of rotatable bonds is 3. The Morgan fingerprint density at radius 2 is 2.09 bits per heavy atom. The van der Waals surface area contributed by atoms with Crippen LogP contribution in [0.5, 0.6) is 0 Å². The molecule has 1 N–H and O–H groups in total. The number of nitrogens with one attached hydrogen (secondary N) is 1. The fraction of sp³-hybridized carbons (Fsp3) is 0.421. The van der Waals surface area contributed by atoms with Crippen LogP contribution < -0.4 is 5.32 Å². The average molecular weight is 326 g/mol. The lowest BCUT2D eigenvalue weighted by Gasteiger charge is -2.30. The van der Waals surface area contributed by atoms with Crippen molar-refractivity contribution in [3.8, 4) is 10.4 Å². The quantitative estimate of drug-likeness (QED) is 0.935. The monoisotopic (exact) mass is 326 g/mol. The smallest absolute Gasteiger partial charge is 0.261 e. The highest BCUT2D eigenvalue weighted by atomic mass is 32.1. The molecule has 4 rings (SSSR count). The first-order chi connectivity index (χ1) is 11.2. The van der Waals surface area contributed by atoms with E-state index in [9.17, 15) is 4.79 Å². The van der Waals surface area contributed by atoms with Gasteiger partial charge >= 0.3 is 0 Å². The normalized spacial score (nSPS) is 26.2. The Labute approximate surface area is 141 Å². The minimum Gasteiger partial charge on any atom is -0.347 e. The van der Waals surface area contributed by atoms with Gasteiger partial charge in [-0.3, -0.25) is 4.79 Å². The summed E-state index contributed by atoms with van der Waals surface area (Å²) in [6.07, 6.45) is 2.43. The zero-order valence-electron chi connectivity index (χ0n) is 13.4. The summed E-state index contributed by atoms with van der Waals surface area (Å²) in [6, 6.07) is 12.7. The number of carbonyl (C=O) groups excluding carboxylic acids is 1. The predicted octanol–water partition coefficient (Wildman–Crippen LogP) is 3.55. The number of fused-ring (bicyclic) bond motifs is 2. The van der Waals surface area contributed by atoms with E-state index in [1.807, 2.05) is 18.2 Å². The van der Waals surface area contributed by atoms with Crippen molar-refractivity contribution in [2.24, 2.45) is 5.92 Å². The minimum atomic E-state index is 0.0855. The van der Waals surface area contributed by atoms with E-state index in [-0.39, 0.29) is 5.91 Å². The maximum absolute atomic E-state index is 12.6. The first-order valence-electron chi connectivity index (χ1n) is 8.38. The van der Waals surface area contributed by atoms with Gasteiger partial charge in [0.25, 0.3) is 5.91 Å². The number of piperidine rings is 1. The summed E-state index contributed by atoms with van der Waals surface area (Å²) < 4.78 is 0. The molecule has 2 fully saturated rings. The van der Waals surface area contributed by atoms with Crippen LogP contribution in [0.1, 0.15) is 28.1 Å². The number of thiophene rings is 1. The minimum absolute atomic E-state index is 0.0855. The second-order valence-electron chi connectivity index (χ2n) is 6.80. The van der Waals surface area contributed by atoms with E-state index in [4.69, 9.17) is 0 Å². The van der Waals surface area contributed by atoms with Crippen molar-refractivity contribution in [2.45, 2.75) is 25.8 Å². The molecule has 0 radical (unpaired) electrons. The van der Waals surface area contributed by atoms with E-state index in [2.05, 4.69) is 35.3 Å². The van der Waals surface area contributed by atoms with Crippen molar-refractivity contribution in [2.75, 3.05) is 19.6 Å². The van der Waals surface area contributed by atoms with E-state index in [0.29, 0.717) is 6.04 Å². The van der Waals surface area contributed by atoms with Crippen molar-refractivity contribution in [3.05, 3.63) is 46.8 Å². The summed E-state index contributed by atoms with van der Waals surface area (Å²) >= 11 is 1.59. The van der Waals surface area contributed by atoms with E-state index >= 15 is 0 Å². The van der Waals surface area contributed by atoms with Crippen molar-refractivity contribution < 1.29 is 4.79 Å². The highest BCUT2D eigenvalue weighted by molar-refractivity contribution is 7.17. The van der Waals surface area contributed by atoms with E-state index < -0.39 is 0 Å². The van der Waals surface area contributed by atoms with Gasteiger partial charge < -0.3 is 10.2 Å². The van der Waals surface area contributed by atoms with E-state index in [1.54, 1.807) is 11.3 Å². The third-order valence-corrected chi connectivity index (χ3v) is 6.16. The lowest BCUT2D eigenvalue weighted by atomic mass is 9.97. The van der Waals surface area contributed by atoms with Crippen molar-refractivity contribution >= 4 is 17.2 Å². The van der Waals surface area contributed by atoms with Gasteiger partial charge in [-0.2, -0.15) is 0 Å². The Morgan fingerprint density at radius 3 is 2.91 bits per heavy atom. The predicted molar refractivity (Wildman–Crippen MR) is 94.9 cm³/mol. The van der Waals surface area contributed by atoms with Crippen LogP contribution >= 0.6 is 11.3 Å². The first kappa shape index (κ1) is 14.9. The molecule has 120 valence electrons. The molecule has 2 aliphatic heterocycles. The molecular weight excluding hydrogens is 304 g/mol. The van der Waals surface area contributed by atoms with Gasteiger partial charge in [0, 0.05) is 24.0 Å². The highest BCUT2D eigenvalue weighted by Crippen LogP contribution is 2.31. The van der Waals surface area contributed by atoms with Gasteiger partial charge in [0.2, 0.25) is 0 Å². The Balaban J connectivity index is 1.46. The molecule has 1 amide bonds. The summed E-state index contributed by atoms with van der Waals surface area (Å²) in [7, 11) is 0. The second kappa shape index (κ2) is 6.10. The van der Waals surface area contributed by atoms with Crippen molar-refractivity contribution in [1.29, 1.82) is 0 Å². The lowest BCUT2D eigenvalue weighted by Crippen LogP contribution is -2.46. The number of benzene rings is 1. The van der Waals surface area contributed by atoms with Crippen LogP contribution in [0.4, 0.5) is 0 Å². The van der Waals surface area contributed by atoms with Gasteiger partial charge in [0.15, 0.2) is 0 Å². The zero-order chi connectivity index (χ0) is 15.8. The molecule has 3 atom stereocenters. The molecule has 2 aromatic rings. The van der Waals surface area contributed by atoms with Gasteiger partial charge in [0.1, 0.15) is 0 Å². The number of hydrogen-bond donors (Lipinski definition) is 1. The van der Waals surface area contributed by atoms with E-state index in [0.717, 1.165) is 23.8 Å². The molecule has 1 unspecified atom stereocenters. The standard InChI is InChI=1S/C19H22N2OS/c1-13-4-2-3-5-16(13)17-6-7-18(23-17)19(22)20-15-10-14-8-9-21(11-14)12-15/h2-7,14-15H,8-12H2,1H3,(H,20,22)/t14-,15+/m1/s1.